The Morgan fingerprint density at radius 1 is 1.25 bits per heavy atom. The Bertz CT molecular complexity index is 410. The second-order valence-corrected chi connectivity index (χ2v) is 5.95. The van der Waals surface area contributed by atoms with Crippen LogP contribution in [0.4, 0.5) is 0 Å². The van der Waals surface area contributed by atoms with Gasteiger partial charge < -0.3 is 0 Å². The van der Waals surface area contributed by atoms with Crippen molar-refractivity contribution in [3.8, 4) is 0 Å². The van der Waals surface area contributed by atoms with Crippen molar-refractivity contribution in [2.75, 3.05) is 0 Å². The van der Waals surface area contributed by atoms with Crippen molar-refractivity contribution in [3.63, 3.8) is 0 Å². The van der Waals surface area contributed by atoms with E-state index in [1.807, 2.05) is 0 Å². The molecule has 3 nitrogen and oxygen atoms in total. The normalized spacial score (nSPS) is 50.1. The van der Waals surface area contributed by atoms with Gasteiger partial charge in [-0.1, -0.05) is 13.8 Å². The highest BCUT2D eigenvalue weighted by atomic mass is 16.2. The van der Waals surface area contributed by atoms with Crippen molar-refractivity contribution < 1.29 is 9.59 Å². The Morgan fingerprint density at radius 2 is 1.81 bits per heavy atom. The zero-order chi connectivity index (χ0) is 11.7. The second kappa shape index (κ2) is 2.58. The fraction of sp³-hybridized carbons (Fsp3) is 0.692. The molecule has 0 aromatic rings. The number of fused-ring (bicyclic) bond motifs is 1. The minimum atomic E-state index is -0.282. The molecule has 4 atom stereocenters. The van der Waals surface area contributed by atoms with Crippen LogP contribution in [0.3, 0.4) is 0 Å². The van der Waals surface area contributed by atoms with Gasteiger partial charge in [-0.3, -0.25) is 14.5 Å². The summed E-state index contributed by atoms with van der Waals surface area (Å²) in [6.07, 6.45) is 5.10. The molecule has 1 aliphatic heterocycles. The molecule has 16 heavy (non-hydrogen) atoms. The SMILES string of the molecule is CC1CC2CC2(C)C1(C)N1C(=O)C=CC1=O. The number of nitrogens with zero attached hydrogens (tertiary/aromatic N) is 1. The predicted molar refractivity (Wildman–Crippen MR) is 59.4 cm³/mol. The maximum atomic E-state index is 11.8. The maximum Gasteiger partial charge on any atom is 0.254 e. The van der Waals surface area contributed by atoms with Gasteiger partial charge in [0.25, 0.3) is 11.8 Å². The van der Waals surface area contributed by atoms with Gasteiger partial charge in [-0.25, -0.2) is 0 Å². The lowest BCUT2D eigenvalue weighted by atomic mass is 9.77. The van der Waals surface area contributed by atoms with E-state index in [4.69, 9.17) is 0 Å². The zero-order valence-electron chi connectivity index (χ0n) is 9.99. The van der Waals surface area contributed by atoms with Crippen LogP contribution in [0.1, 0.15) is 33.6 Å². The van der Waals surface area contributed by atoms with E-state index in [-0.39, 0.29) is 22.8 Å². The summed E-state index contributed by atoms with van der Waals surface area (Å²) in [6, 6.07) is 0. The fourth-order valence-corrected chi connectivity index (χ4v) is 3.97. The van der Waals surface area contributed by atoms with E-state index in [0.29, 0.717) is 11.8 Å². The van der Waals surface area contributed by atoms with Gasteiger partial charge in [0.2, 0.25) is 0 Å². The van der Waals surface area contributed by atoms with Crippen LogP contribution >= 0.6 is 0 Å². The number of rotatable bonds is 1. The second-order valence-electron chi connectivity index (χ2n) is 5.95. The van der Waals surface area contributed by atoms with Crippen molar-refractivity contribution in [3.05, 3.63) is 12.2 Å². The van der Waals surface area contributed by atoms with Crippen LogP contribution in [-0.4, -0.2) is 22.3 Å². The molecule has 0 radical (unpaired) electrons. The predicted octanol–water partition coefficient (Wildman–Crippen LogP) is 1.74. The van der Waals surface area contributed by atoms with Gasteiger partial charge in [-0.2, -0.15) is 0 Å². The molecule has 3 heteroatoms. The molecule has 0 aromatic heterocycles. The van der Waals surface area contributed by atoms with Crippen molar-refractivity contribution in [1.82, 2.24) is 4.90 Å². The highest BCUT2D eigenvalue weighted by Crippen LogP contribution is 2.71. The smallest absolute Gasteiger partial charge is 0.254 e. The Morgan fingerprint density at radius 3 is 2.25 bits per heavy atom. The maximum absolute atomic E-state index is 11.8. The zero-order valence-corrected chi connectivity index (χ0v) is 9.99. The first-order chi connectivity index (χ1) is 7.41. The Labute approximate surface area is 95.5 Å². The molecule has 0 bridgehead atoms. The minimum Gasteiger partial charge on any atom is -0.269 e. The van der Waals surface area contributed by atoms with Crippen molar-refractivity contribution >= 4 is 11.8 Å². The van der Waals surface area contributed by atoms with E-state index < -0.39 is 0 Å². The molecule has 3 rings (SSSR count). The van der Waals surface area contributed by atoms with E-state index in [0.717, 1.165) is 12.8 Å². The lowest BCUT2D eigenvalue weighted by Gasteiger charge is -2.44. The number of hydrogen-bond acceptors (Lipinski definition) is 2. The molecular weight excluding hydrogens is 202 g/mol. The minimum absolute atomic E-state index is 0.131. The summed E-state index contributed by atoms with van der Waals surface area (Å²) in [7, 11) is 0. The summed E-state index contributed by atoms with van der Waals surface area (Å²) in [5.41, 5.74) is -0.126. The van der Waals surface area contributed by atoms with E-state index in [2.05, 4.69) is 20.8 Å². The van der Waals surface area contributed by atoms with Gasteiger partial charge in [0.05, 0.1) is 5.54 Å². The first kappa shape index (κ1) is 10.1. The van der Waals surface area contributed by atoms with Gasteiger partial charge >= 0.3 is 0 Å². The topological polar surface area (TPSA) is 37.4 Å². The molecule has 0 spiro atoms. The molecule has 2 saturated carbocycles. The molecule has 0 aromatic carbocycles. The van der Waals surface area contributed by atoms with Crippen LogP contribution in [0.25, 0.3) is 0 Å². The van der Waals surface area contributed by atoms with E-state index in [9.17, 15) is 9.59 Å². The van der Waals surface area contributed by atoms with Crippen LogP contribution in [-0.2, 0) is 9.59 Å². The summed E-state index contributed by atoms with van der Waals surface area (Å²) >= 11 is 0. The fourth-order valence-electron chi connectivity index (χ4n) is 3.97. The van der Waals surface area contributed by atoms with Crippen LogP contribution in [0.2, 0.25) is 0 Å². The molecule has 2 fully saturated rings. The monoisotopic (exact) mass is 219 g/mol. The lowest BCUT2D eigenvalue weighted by molar-refractivity contribution is -0.148. The molecular formula is C13H17NO2. The Hall–Kier alpha value is -1.12. The van der Waals surface area contributed by atoms with Gasteiger partial charge in [0.15, 0.2) is 0 Å². The molecule has 1 heterocycles. The first-order valence-corrected chi connectivity index (χ1v) is 5.97. The van der Waals surface area contributed by atoms with Crippen molar-refractivity contribution in [2.24, 2.45) is 17.3 Å². The van der Waals surface area contributed by atoms with E-state index in [1.165, 1.54) is 17.1 Å². The number of carbonyl (C=O) groups is 2. The van der Waals surface area contributed by atoms with Crippen LogP contribution in [0, 0.1) is 17.3 Å². The summed E-state index contributed by atoms with van der Waals surface area (Å²) in [5.74, 6) is 0.846. The third-order valence-electron chi connectivity index (χ3n) is 5.44. The molecule has 4 unspecified atom stereocenters. The molecule has 86 valence electrons. The Kier molecular flexibility index (Phi) is 1.62. The summed E-state index contributed by atoms with van der Waals surface area (Å²) < 4.78 is 0. The van der Waals surface area contributed by atoms with Gasteiger partial charge in [0.1, 0.15) is 0 Å². The average Bonchev–Trinajstić information content (AvgIpc) is 2.68. The number of amides is 2. The highest BCUT2D eigenvalue weighted by molar-refractivity contribution is 6.13. The molecule has 2 aliphatic carbocycles. The van der Waals surface area contributed by atoms with Crippen LogP contribution < -0.4 is 0 Å². The quantitative estimate of drug-likeness (QED) is 0.630. The summed E-state index contributed by atoms with van der Waals surface area (Å²) in [4.78, 5) is 25.2. The van der Waals surface area contributed by atoms with Crippen molar-refractivity contribution in [1.29, 1.82) is 0 Å². The summed E-state index contributed by atoms with van der Waals surface area (Å²) in [6.45, 7) is 6.48. The first-order valence-electron chi connectivity index (χ1n) is 5.97. The van der Waals surface area contributed by atoms with Gasteiger partial charge in [-0.15, -0.1) is 0 Å². The Balaban J connectivity index is 2.05. The third-order valence-corrected chi connectivity index (χ3v) is 5.44. The van der Waals surface area contributed by atoms with Crippen molar-refractivity contribution in [2.45, 2.75) is 39.2 Å². The van der Waals surface area contributed by atoms with Gasteiger partial charge in [0, 0.05) is 12.2 Å². The number of imide groups is 1. The molecule has 0 N–H and O–H groups in total. The summed E-state index contributed by atoms with van der Waals surface area (Å²) in [5, 5.41) is 0. The molecule has 2 amide bonds. The third kappa shape index (κ3) is 0.864. The van der Waals surface area contributed by atoms with E-state index in [1.54, 1.807) is 0 Å². The highest BCUT2D eigenvalue weighted by Gasteiger charge is 2.71. The number of hydrogen-bond donors (Lipinski definition) is 0. The largest absolute Gasteiger partial charge is 0.269 e. The van der Waals surface area contributed by atoms with E-state index >= 15 is 0 Å². The lowest BCUT2D eigenvalue weighted by Crippen LogP contribution is -2.56. The average molecular weight is 219 g/mol. The molecule has 0 saturated heterocycles. The van der Waals surface area contributed by atoms with Crippen LogP contribution in [0.15, 0.2) is 12.2 Å². The van der Waals surface area contributed by atoms with Gasteiger partial charge in [-0.05, 0) is 37.0 Å². The number of carbonyl (C=O) groups excluding carboxylic acids is 2. The van der Waals surface area contributed by atoms with Crippen LogP contribution in [0.5, 0.6) is 0 Å². The standard InChI is InChI=1S/C13H17NO2/c1-8-6-9-7-12(9,2)13(8,3)14-10(15)4-5-11(14)16/h4-5,8-9H,6-7H2,1-3H3. The molecule has 3 aliphatic rings.